The van der Waals surface area contributed by atoms with Gasteiger partial charge in [0.25, 0.3) is 0 Å². The molecule has 0 radical (unpaired) electrons. The van der Waals surface area contributed by atoms with Crippen molar-refractivity contribution in [2.75, 3.05) is 0 Å². The second-order valence-electron chi connectivity index (χ2n) is 19.1. The molecule has 2 heterocycles. The Morgan fingerprint density at radius 2 is 0.915 bits per heavy atom. The normalized spacial score (nSPS) is 14.5. The molecule has 71 heavy (non-hydrogen) atoms. The van der Waals surface area contributed by atoms with Crippen molar-refractivity contribution in [3.63, 3.8) is 0 Å². The number of aromatic nitrogens is 3. The minimum Gasteiger partial charge on any atom is -0.363 e. The molecule has 9 aromatic carbocycles. The Hall–Kier alpha value is -8.70. The first kappa shape index (κ1) is 42.4. The van der Waals surface area contributed by atoms with Crippen LogP contribution < -0.4 is 0 Å². The molecule has 0 aliphatic heterocycles. The van der Waals surface area contributed by atoms with Crippen molar-refractivity contribution in [3.8, 4) is 44.5 Å². The number of aryl methyl sites for hydroxylation is 2. The van der Waals surface area contributed by atoms with Gasteiger partial charge in [-0.2, -0.15) is 0 Å². The fourth-order valence-electron chi connectivity index (χ4n) is 12.6. The summed E-state index contributed by atoms with van der Waals surface area (Å²) in [5, 5.41) is 13.8. The van der Waals surface area contributed by atoms with Gasteiger partial charge in [0, 0.05) is 29.7 Å². The third-order valence-corrected chi connectivity index (χ3v) is 15.5. The smallest absolute Gasteiger partial charge is 0.196 e. The van der Waals surface area contributed by atoms with Crippen LogP contribution in [0.4, 0.5) is 0 Å². The van der Waals surface area contributed by atoms with Crippen LogP contribution >= 0.6 is 0 Å². The van der Waals surface area contributed by atoms with Gasteiger partial charge in [0.1, 0.15) is 0 Å². The summed E-state index contributed by atoms with van der Waals surface area (Å²) in [5.41, 5.74) is 18.9. The van der Waals surface area contributed by atoms with E-state index in [0.717, 1.165) is 50.2 Å². The number of hydrogen-bond acceptors (Lipinski definition) is 3. The number of aliphatic hydroxyl groups is 1. The molecule has 0 saturated heterocycles. The van der Waals surface area contributed by atoms with Gasteiger partial charge in [-0.25, -0.2) is 4.98 Å². The summed E-state index contributed by atoms with van der Waals surface area (Å²) < 4.78 is 1.83. The van der Waals surface area contributed by atoms with Gasteiger partial charge < -0.3 is 9.67 Å². The molecule has 1 N–H and O–H groups in total. The van der Waals surface area contributed by atoms with Crippen LogP contribution in [0.25, 0.3) is 44.5 Å². The van der Waals surface area contributed by atoms with E-state index in [2.05, 4.69) is 213 Å². The van der Waals surface area contributed by atoms with Gasteiger partial charge >= 0.3 is 0 Å². The second kappa shape index (κ2) is 16.5. The first-order valence-electron chi connectivity index (χ1n) is 24.4. The van der Waals surface area contributed by atoms with E-state index < -0.39 is 16.6 Å². The molecule has 2 aromatic heterocycles. The Bertz CT molecular complexity index is 3720. The van der Waals surface area contributed by atoms with Crippen LogP contribution in [-0.2, 0) is 16.6 Å². The maximum Gasteiger partial charge on any atom is 0.196 e. The van der Waals surface area contributed by atoms with E-state index in [-0.39, 0.29) is 0 Å². The van der Waals surface area contributed by atoms with Crippen LogP contribution in [0, 0.1) is 13.8 Å². The first-order valence-corrected chi connectivity index (χ1v) is 24.4. The van der Waals surface area contributed by atoms with Crippen LogP contribution in [-0.4, -0.2) is 19.6 Å². The lowest BCUT2D eigenvalue weighted by atomic mass is 9.64. The van der Waals surface area contributed by atoms with Gasteiger partial charge in [-0.15, -0.1) is 0 Å². The van der Waals surface area contributed by atoms with Gasteiger partial charge in [0.05, 0.1) is 22.9 Å². The number of fused-ring (bicyclic) bond motifs is 6. The second-order valence-corrected chi connectivity index (χ2v) is 19.1. The molecule has 11 aromatic rings. The lowest BCUT2D eigenvalue weighted by molar-refractivity contribution is 0.0490. The van der Waals surface area contributed by atoms with Crippen molar-refractivity contribution in [1.29, 1.82) is 0 Å². The zero-order valence-electron chi connectivity index (χ0n) is 39.5. The van der Waals surface area contributed by atoms with Crippen LogP contribution in [0.5, 0.6) is 0 Å². The predicted molar refractivity (Wildman–Crippen MR) is 286 cm³/mol. The van der Waals surface area contributed by atoms with E-state index in [0.29, 0.717) is 0 Å². The molecular weight excluding hydrogens is 863 g/mol. The number of rotatable bonds is 9. The number of pyridine rings is 1. The summed E-state index contributed by atoms with van der Waals surface area (Å²) in [7, 11) is 0. The highest BCUT2D eigenvalue weighted by Crippen LogP contribution is 2.60. The fraction of sp³-hybridized carbons (Fsp3) is 0.0746. The molecule has 0 fully saturated rings. The standard InChI is InChI=1S/C67H49N3O/c1-45-19-16-20-46(2)64(45)48-37-38-69-63(41-48)66(60-34-13-9-30-56(60)57-31-10-14-35-61(57)66)51-25-17-23-49(42-51)65(58-32-11-7-28-54(58)55-29-8-12-33-59(55)65)50-24-18-26-52(43-50)67(71,70-40-39-68-44-70)62-36-15-6-27-53(62)47-21-4-3-5-22-47/h3-44,71H,1-2H3. The Kier molecular flexibility index (Phi) is 9.84. The molecule has 13 rings (SSSR count). The van der Waals surface area contributed by atoms with Crippen LogP contribution in [0.3, 0.4) is 0 Å². The first-order chi connectivity index (χ1) is 34.9. The lowest BCUT2D eigenvalue weighted by Crippen LogP contribution is -2.37. The van der Waals surface area contributed by atoms with E-state index in [1.54, 1.807) is 12.5 Å². The molecule has 4 nitrogen and oxygen atoms in total. The summed E-state index contributed by atoms with van der Waals surface area (Å²) in [6.45, 7) is 4.40. The summed E-state index contributed by atoms with van der Waals surface area (Å²) in [6, 6.07) is 83.0. The molecule has 0 amide bonds. The molecule has 1 atom stereocenters. The van der Waals surface area contributed by atoms with Gasteiger partial charge in [-0.3, -0.25) is 4.98 Å². The minimum absolute atomic E-state index is 0.719. The van der Waals surface area contributed by atoms with E-state index in [9.17, 15) is 5.11 Å². The Balaban J connectivity index is 1.10. The third-order valence-electron chi connectivity index (χ3n) is 15.5. The highest BCUT2D eigenvalue weighted by molar-refractivity contribution is 5.89. The molecule has 0 spiro atoms. The topological polar surface area (TPSA) is 50.9 Å². The van der Waals surface area contributed by atoms with E-state index in [4.69, 9.17) is 4.98 Å². The number of imidazole rings is 1. The van der Waals surface area contributed by atoms with Crippen molar-refractivity contribution < 1.29 is 5.11 Å². The van der Waals surface area contributed by atoms with Gasteiger partial charge in [0.15, 0.2) is 5.72 Å². The van der Waals surface area contributed by atoms with Crippen LogP contribution in [0.2, 0.25) is 0 Å². The number of hydrogen-bond donors (Lipinski definition) is 1. The highest BCUT2D eigenvalue weighted by Gasteiger charge is 2.51. The predicted octanol–water partition coefficient (Wildman–Crippen LogP) is 14.7. The summed E-state index contributed by atoms with van der Waals surface area (Å²) in [4.78, 5) is 9.91. The lowest BCUT2D eigenvalue weighted by Gasteiger charge is -2.38. The van der Waals surface area contributed by atoms with E-state index in [1.165, 1.54) is 61.2 Å². The molecule has 4 heteroatoms. The average molecular weight is 912 g/mol. The molecule has 2 aliphatic carbocycles. The van der Waals surface area contributed by atoms with Crippen molar-refractivity contribution >= 4 is 0 Å². The van der Waals surface area contributed by atoms with Crippen molar-refractivity contribution in [2.45, 2.75) is 30.4 Å². The number of nitrogens with zero attached hydrogens (tertiary/aromatic N) is 3. The Morgan fingerprint density at radius 3 is 1.51 bits per heavy atom. The van der Waals surface area contributed by atoms with Gasteiger partial charge in [0.2, 0.25) is 0 Å². The van der Waals surface area contributed by atoms with Crippen LogP contribution in [0.15, 0.2) is 255 Å². The van der Waals surface area contributed by atoms with Crippen molar-refractivity contribution in [1.82, 2.24) is 14.5 Å². The summed E-state index contributed by atoms with van der Waals surface area (Å²) in [6.07, 6.45) is 7.31. The zero-order valence-corrected chi connectivity index (χ0v) is 39.5. The summed E-state index contributed by atoms with van der Waals surface area (Å²) >= 11 is 0. The van der Waals surface area contributed by atoms with E-state index >= 15 is 0 Å². The third kappa shape index (κ3) is 6.14. The minimum atomic E-state index is -1.65. The van der Waals surface area contributed by atoms with E-state index in [1.807, 2.05) is 53.4 Å². The number of benzene rings is 9. The van der Waals surface area contributed by atoms with Gasteiger partial charge in [-0.1, -0.05) is 212 Å². The molecule has 0 bridgehead atoms. The molecule has 2 aliphatic rings. The maximum atomic E-state index is 13.8. The zero-order chi connectivity index (χ0) is 47.7. The summed E-state index contributed by atoms with van der Waals surface area (Å²) in [5.74, 6) is 0. The Morgan fingerprint density at radius 1 is 0.423 bits per heavy atom. The molecular formula is C67H49N3O. The van der Waals surface area contributed by atoms with Crippen LogP contribution in [0.1, 0.15) is 66.9 Å². The van der Waals surface area contributed by atoms with Crippen molar-refractivity contribution in [2.24, 2.45) is 0 Å². The molecule has 338 valence electrons. The average Bonchev–Trinajstić information content (AvgIpc) is 4.16. The monoisotopic (exact) mass is 911 g/mol. The Labute approximate surface area is 414 Å². The quantitative estimate of drug-likeness (QED) is 0.157. The van der Waals surface area contributed by atoms with Crippen molar-refractivity contribution in [3.05, 3.63) is 322 Å². The largest absolute Gasteiger partial charge is 0.363 e. The SMILES string of the molecule is Cc1cccc(C)c1-c1ccnc(C2(c3cccc(C4(c5cccc(C(O)(c6ccccc6-c6ccccc6)n6ccnc6)c5)c5ccccc5-c5ccccc54)c3)c3ccccc3-c3ccccc32)c1. The molecule has 1 unspecified atom stereocenters. The van der Waals surface area contributed by atoms with Gasteiger partial charge in [-0.05, 0) is 127 Å². The highest BCUT2D eigenvalue weighted by atomic mass is 16.3. The fourth-order valence-corrected chi connectivity index (χ4v) is 12.6. The molecule has 0 saturated carbocycles. The maximum absolute atomic E-state index is 13.8.